The van der Waals surface area contributed by atoms with Crippen LogP contribution in [0.3, 0.4) is 0 Å². The van der Waals surface area contributed by atoms with Crippen molar-refractivity contribution in [3.05, 3.63) is 29.3 Å². The Morgan fingerprint density at radius 2 is 2.09 bits per heavy atom. The zero-order chi connectivity index (χ0) is 23.0. The molecule has 1 aromatic carbocycles. The molecule has 3 aliphatic heterocycles. The lowest BCUT2D eigenvalue weighted by Crippen LogP contribution is -2.43. The number of likely N-dealkylation sites (tertiary alicyclic amines) is 1. The molecule has 3 heterocycles. The molecule has 3 aliphatic rings. The molecule has 6 heteroatoms. The van der Waals surface area contributed by atoms with Crippen LogP contribution in [0.5, 0.6) is 5.75 Å². The second kappa shape index (κ2) is 12.2. The molecule has 1 aromatic rings. The van der Waals surface area contributed by atoms with Crippen LogP contribution in [0, 0.1) is 0 Å². The van der Waals surface area contributed by atoms with Crippen molar-refractivity contribution in [2.75, 3.05) is 39.5 Å². The van der Waals surface area contributed by atoms with E-state index in [4.69, 9.17) is 14.3 Å². The molecule has 3 unspecified atom stereocenters. The van der Waals surface area contributed by atoms with Gasteiger partial charge in [-0.1, -0.05) is 26.0 Å². The summed E-state index contributed by atoms with van der Waals surface area (Å²) in [5, 5.41) is 1.60. The lowest BCUT2D eigenvalue weighted by atomic mass is 9.92. The van der Waals surface area contributed by atoms with Gasteiger partial charge in [0.25, 0.3) is 5.91 Å². The van der Waals surface area contributed by atoms with Gasteiger partial charge in [-0.2, -0.15) is 0 Å². The van der Waals surface area contributed by atoms with Gasteiger partial charge < -0.3 is 9.47 Å². The number of rotatable bonds is 11. The molecule has 0 saturated carbocycles. The average molecular weight is 459 g/mol. The van der Waals surface area contributed by atoms with E-state index in [1.807, 2.05) is 0 Å². The van der Waals surface area contributed by atoms with Crippen molar-refractivity contribution in [1.82, 2.24) is 9.96 Å². The number of carbonyl (C=O) groups is 1. The Labute approximate surface area is 199 Å². The van der Waals surface area contributed by atoms with Crippen molar-refractivity contribution in [3.8, 4) is 5.75 Å². The van der Waals surface area contributed by atoms with E-state index in [9.17, 15) is 4.79 Å². The lowest BCUT2D eigenvalue weighted by molar-refractivity contribution is -0.188. The van der Waals surface area contributed by atoms with E-state index in [1.165, 1.54) is 30.4 Å². The van der Waals surface area contributed by atoms with Gasteiger partial charge in [0.15, 0.2) is 0 Å². The van der Waals surface area contributed by atoms with Gasteiger partial charge in [0.1, 0.15) is 5.75 Å². The summed E-state index contributed by atoms with van der Waals surface area (Å²) in [5.74, 6) is 1.59. The monoisotopic (exact) mass is 458 g/mol. The van der Waals surface area contributed by atoms with Gasteiger partial charge in [-0.3, -0.25) is 14.5 Å². The summed E-state index contributed by atoms with van der Waals surface area (Å²) in [7, 11) is 0. The fourth-order valence-electron chi connectivity index (χ4n) is 5.51. The summed E-state index contributed by atoms with van der Waals surface area (Å²) >= 11 is 0. The lowest BCUT2D eigenvalue weighted by Gasteiger charge is -2.29. The summed E-state index contributed by atoms with van der Waals surface area (Å²) in [4.78, 5) is 21.4. The highest BCUT2D eigenvalue weighted by Crippen LogP contribution is 2.37. The van der Waals surface area contributed by atoms with Crippen molar-refractivity contribution >= 4 is 5.91 Å². The summed E-state index contributed by atoms with van der Waals surface area (Å²) in [6.45, 7) is 8.46. The largest absolute Gasteiger partial charge is 0.493 e. The second-order valence-electron chi connectivity index (χ2n) is 9.88. The molecule has 2 saturated heterocycles. The number of ether oxygens (including phenoxy) is 2. The van der Waals surface area contributed by atoms with E-state index in [0.29, 0.717) is 37.8 Å². The van der Waals surface area contributed by atoms with Crippen LogP contribution in [0.2, 0.25) is 0 Å². The molecule has 0 radical (unpaired) electrons. The fraction of sp³-hybridized carbons (Fsp3) is 0.741. The molecule has 6 nitrogen and oxygen atoms in total. The molecule has 1 amide bonds. The Morgan fingerprint density at radius 3 is 2.88 bits per heavy atom. The summed E-state index contributed by atoms with van der Waals surface area (Å²) in [6.07, 6.45) is 10.1. The van der Waals surface area contributed by atoms with Gasteiger partial charge >= 0.3 is 0 Å². The van der Waals surface area contributed by atoms with Crippen LogP contribution < -0.4 is 4.74 Å². The first-order chi connectivity index (χ1) is 16.2. The first-order valence-corrected chi connectivity index (χ1v) is 13.2. The third kappa shape index (κ3) is 6.49. The molecule has 184 valence electrons. The number of benzene rings is 1. The average Bonchev–Trinajstić information content (AvgIpc) is 3.47. The van der Waals surface area contributed by atoms with Gasteiger partial charge in [-0.15, -0.1) is 0 Å². The van der Waals surface area contributed by atoms with Crippen molar-refractivity contribution in [1.29, 1.82) is 0 Å². The molecule has 2 fully saturated rings. The van der Waals surface area contributed by atoms with Crippen LogP contribution in [0.15, 0.2) is 18.2 Å². The predicted octanol–water partition coefficient (Wildman–Crippen LogP) is 4.71. The Morgan fingerprint density at radius 1 is 1.18 bits per heavy atom. The molecule has 0 N–H and O–H groups in total. The number of fused-ring (bicyclic) bond motifs is 1. The third-order valence-electron chi connectivity index (χ3n) is 7.30. The molecule has 3 atom stereocenters. The van der Waals surface area contributed by atoms with E-state index < -0.39 is 0 Å². The Kier molecular flexibility index (Phi) is 9.04. The highest BCUT2D eigenvalue weighted by atomic mass is 16.7. The number of nitrogens with zero attached hydrogens (tertiary/aromatic N) is 2. The first kappa shape index (κ1) is 24.5. The highest BCUT2D eigenvalue weighted by Gasteiger charge is 2.35. The smallest absolute Gasteiger partial charge is 0.260 e. The van der Waals surface area contributed by atoms with E-state index in [-0.39, 0.29) is 5.91 Å². The van der Waals surface area contributed by atoms with Gasteiger partial charge in [-0.05, 0) is 74.5 Å². The van der Waals surface area contributed by atoms with Crippen molar-refractivity contribution in [2.45, 2.75) is 89.7 Å². The number of hydrogen-bond donors (Lipinski definition) is 0. The third-order valence-corrected chi connectivity index (χ3v) is 7.30. The highest BCUT2D eigenvalue weighted by molar-refractivity contribution is 5.77. The summed E-state index contributed by atoms with van der Waals surface area (Å²) < 4.78 is 11.7. The molecule has 0 spiro atoms. The zero-order valence-corrected chi connectivity index (χ0v) is 20.6. The Hall–Kier alpha value is -1.63. The SMILES string of the molecule is CCCON(CCC)C(=O)CN1CC(c2ccc3c(c2)CCO3)CC1CCC1CCCCO1. The zero-order valence-electron chi connectivity index (χ0n) is 20.6. The number of carbonyl (C=O) groups excluding carboxylic acids is 1. The molecule has 0 aliphatic carbocycles. The van der Waals surface area contributed by atoms with Gasteiger partial charge in [0.2, 0.25) is 0 Å². The molecule has 0 bridgehead atoms. The van der Waals surface area contributed by atoms with Gasteiger partial charge in [0, 0.05) is 32.2 Å². The minimum absolute atomic E-state index is 0.0900. The number of hydrogen-bond acceptors (Lipinski definition) is 5. The van der Waals surface area contributed by atoms with Crippen molar-refractivity contribution < 1.29 is 19.1 Å². The molecule has 33 heavy (non-hydrogen) atoms. The van der Waals surface area contributed by atoms with Crippen LogP contribution in [-0.4, -0.2) is 67.5 Å². The predicted molar refractivity (Wildman–Crippen MR) is 129 cm³/mol. The van der Waals surface area contributed by atoms with Crippen molar-refractivity contribution in [2.24, 2.45) is 0 Å². The maximum Gasteiger partial charge on any atom is 0.260 e. The minimum atomic E-state index is 0.0900. The van der Waals surface area contributed by atoms with E-state index in [1.54, 1.807) is 5.06 Å². The maximum atomic E-state index is 13.2. The van der Waals surface area contributed by atoms with Gasteiger partial charge in [0.05, 0.1) is 25.9 Å². The Bertz CT molecular complexity index is 764. The molecular weight excluding hydrogens is 416 g/mol. The van der Waals surface area contributed by atoms with Crippen LogP contribution >= 0.6 is 0 Å². The molecule has 4 rings (SSSR count). The molecule has 0 aromatic heterocycles. The quantitative estimate of drug-likeness (QED) is 0.450. The first-order valence-electron chi connectivity index (χ1n) is 13.2. The van der Waals surface area contributed by atoms with Gasteiger partial charge in [-0.25, -0.2) is 5.06 Å². The summed E-state index contributed by atoms with van der Waals surface area (Å²) in [5.41, 5.74) is 2.72. The maximum absolute atomic E-state index is 13.2. The minimum Gasteiger partial charge on any atom is -0.493 e. The second-order valence-corrected chi connectivity index (χ2v) is 9.88. The topological polar surface area (TPSA) is 51.2 Å². The van der Waals surface area contributed by atoms with E-state index in [2.05, 4.69) is 36.9 Å². The number of amides is 1. The fourth-order valence-corrected chi connectivity index (χ4v) is 5.51. The summed E-state index contributed by atoms with van der Waals surface area (Å²) in [6, 6.07) is 7.11. The van der Waals surface area contributed by atoms with E-state index >= 15 is 0 Å². The van der Waals surface area contributed by atoms with Crippen LogP contribution in [0.4, 0.5) is 0 Å². The van der Waals surface area contributed by atoms with Crippen LogP contribution in [-0.2, 0) is 20.8 Å². The normalized spacial score (nSPS) is 25.1. The standard InChI is InChI=1S/C27H42N2O4/c1-3-13-29(33-14-4-2)27(30)20-28-19-23(21-8-11-26-22(17-21)12-16-32-26)18-24(28)9-10-25-7-5-6-15-31-25/h8,11,17,23-25H,3-7,9-10,12-16,18-20H2,1-2H3. The Balaban J connectivity index is 1.43. The van der Waals surface area contributed by atoms with E-state index in [0.717, 1.165) is 64.0 Å². The van der Waals surface area contributed by atoms with Crippen LogP contribution in [0.25, 0.3) is 0 Å². The van der Waals surface area contributed by atoms with Crippen LogP contribution in [0.1, 0.15) is 82.3 Å². The van der Waals surface area contributed by atoms with Crippen molar-refractivity contribution in [3.63, 3.8) is 0 Å². The molecular formula is C27H42N2O4. The number of hydroxylamine groups is 2.